The highest BCUT2D eigenvalue weighted by atomic mass is 35.5. The number of carbonyl (C=O) groups excluding carboxylic acids is 3. The Balaban J connectivity index is 1.34. The lowest BCUT2D eigenvalue weighted by molar-refractivity contribution is -0.137. The molecule has 2 aromatic rings. The van der Waals surface area contributed by atoms with Gasteiger partial charge in [0.05, 0.1) is 0 Å². The van der Waals surface area contributed by atoms with Crippen LogP contribution in [-0.4, -0.2) is 71.2 Å². The molecule has 33 heavy (non-hydrogen) atoms. The summed E-state index contributed by atoms with van der Waals surface area (Å²) >= 11 is 12.1. The van der Waals surface area contributed by atoms with Gasteiger partial charge in [-0.3, -0.25) is 19.3 Å². The summed E-state index contributed by atoms with van der Waals surface area (Å²) in [6, 6.07) is 11.6. The second-order valence-corrected chi connectivity index (χ2v) is 9.35. The first-order valence-electron chi connectivity index (χ1n) is 11.0. The zero-order chi connectivity index (χ0) is 23.5. The van der Waals surface area contributed by atoms with Crippen molar-refractivity contribution in [2.45, 2.75) is 25.4 Å². The Morgan fingerprint density at radius 1 is 0.879 bits per heavy atom. The summed E-state index contributed by atoms with van der Waals surface area (Å²) in [6.45, 7) is 3.99. The van der Waals surface area contributed by atoms with Crippen molar-refractivity contribution in [1.29, 1.82) is 0 Å². The van der Waals surface area contributed by atoms with Gasteiger partial charge in [-0.2, -0.15) is 0 Å². The van der Waals surface area contributed by atoms with E-state index in [0.717, 1.165) is 31.6 Å². The quantitative estimate of drug-likeness (QED) is 0.700. The third-order valence-electron chi connectivity index (χ3n) is 6.24. The first-order valence-corrected chi connectivity index (χ1v) is 11.7. The van der Waals surface area contributed by atoms with E-state index in [4.69, 9.17) is 28.9 Å². The molecule has 0 aliphatic carbocycles. The fourth-order valence-corrected chi connectivity index (χ4v) is 5.01. The van der Waals surface area contributed by atoms with Crippen LogP contribution in [0.1, 0.15) is 39.1 Å². The monoisotopic (exact) mass is 488 g/mol. The number of likely N-dealkylation sites (tertiary alicyclic amines) is 1. The molecule has 3 amide bonds. The van der Waals surface area contributed by atoms with Gasteiger partial charge < -0.3 is 15.5 Å². The van der Waals surface area contributed by atoms with Crippen LogP contribution in [0.15, 0.2) is 42.5 Å². The van der Waals surface area contributed by atoms with Gasteiger partial charge in [0.1, 0.15) is 6.04 Å². The Hall–Kier alpha value is -2.61. The maximum Gasteiger partial charge on any atom is 0.254 e. The number of primary amides is 1. The van der Waals surface area contributed by atoms with Gasteiger partial charge in [0.15, 0.2) is 0 Å². The highest BCUT2D eigenvalue weighted by Crippen LogP contribution is 2.26. The Labute approximate surface area is 203 Å². The van der Waals surface area contributed by atoms with Gasteiger partial charge in [-0.15, -0.1) is 0 Å². The SMILES string of the molecule is NC(=O)c1ccc(CN2CCN(C(=O)C3CCCN3C(=O)c3cc(Cl)cc(Cl)c3)CC2)cc1. The van der Waals surface area contributed by atoms with Gasteiger partial charge in [0, 0.05) is 60.4 Å². The molecule has 0 bridgehead atoms. The van der Waals surface area contributed by atoms with Crippen molar-refractivity contribution >= 4 is 40.9 Å². The predicted octanol–water partition coefficient (Wildman–Crippen LogP) is 3.04. The maximum atomic E-state index is 13.3. The molecule has 2 fully saturated rings. The molecule has 0 radical (unpaired) electrons. The summed E-state index contributed by atoms with van der Waals surface area (Å²) in [5, 5.41) is 0.793. The molecule has 2 aromatic carbocycles. The van der Waals surface area contributed by atoms with E-state index < -0.39 is 11.9 Å². The number of amides is 3. The number of hydrogen-bond donors (Lipinski definition) is 1. The number of hydrogen-bond acceptors (Lipinski definition) is 4. The normalized spacial score (nSPS) is 19.0. The van der Waals surface area contributed by atoms with Gasteiger partial charge in [0.2, 0.25) is 11.8 Å². The summed E-state index contributed by atoms with van der Waals surface area (Å²) in [4.78, 5) is 43.3. The van der Waals surface area contributed by atoms with Gasteiger partial charge in [-0.1, -0.05) is 35.3 Å². The van der Waals surface area contributed by atoms with Crippen LogP contribution in [0.3, 0.4) is 0 Å². The fourth-order valence-electron chi connectivity index (χ4n) is 4.48. The molecule has 0 aromatic heterocycles. The minimum absolute atomic E-state index is 0.000522. The Morgan fingerprint density at radius 2 is 1.52 bits per heavy atom. The zero-order valence-corrected chi connectivity index (χ0v) is 19.7. The molecule has 2 N–H and O–H groups in total. The number of rotatable bonds is 5. The molecule has 2 aliphatic rings. The first kappa shape index (κ1) is 23.5. The van der Waals surface area contributed by atoms with E-state index >= 15 is 0 Å². The van der Waals surface area contributed by atoms with Crippen molar-refractivity contribution in [2.24, 2.45) is 5.73 Å². The van der Waals surface area contributed by atoms with Gasteiger partial charge in [0.25, 0.3) is 5.91 Å². The van der Waals surface area contributed by atoms with Crippen molar-refractivity contribution in [3.05, 3.63) is 69.2 Å². The van der Waals surface area contributed by atoms with E-state index in [0.29, 0.717) is 47.2 Å². The predicted molar refractivity (Wildman–Crippen MR) is 127 cm³/mol. The van der Waals surface area contributed by atoms with E-state index in [1.165, 1.54) is 0 Å². The highest BCUT2D eigenvalue weighted by molar-refractivity contribution is 6.35. The second-order valence-electron chi connectivity index (χ2n) is 8.48. The molecule has 2 saturated heterocycles. The molecule has 9 heteroatoms. The lowest BCUT2D eigenvalue weighted by atomic mass is 10.1. The molecule has 4 rings (SSSR count). The van der Waals surface area contributed by atoms with Crippen LogP contribution in [0.5, 0.6) is 0 Å². The minimum Gasteiger partial charge on any atom is -0.366 e. The van der Waals surface area contributed by atoms with Crippen molar-refractivity contribution < 1.29 is 14.4 Å². The third-order valence-corrected chi connectivity index (χ3v) is 6.67. The number of benzene rings is 2. The van der Waals surface area contributed by atoms with E-state index in [1.807, 2.05) is 17.0 Å². The van der Waals surface area contributed by atoms with Gasteiger partial charge >= 0.3 is 0 Å². The average Bonchev–Trinajstić information content (AvgIpc) is 3.28. The van der Waals surface area contributed by atoms with Gasteiger partial charge in [-0.05, 0) is 48.7 Å². The van der Waals surface area contributed by atoms with Crippen molar-refractivity contribution in [3.8, 4) is 0 Å². The maximum absolute atomic E-state index is 13.3. The second kappa shape index (κ2) is 10.1. The van der Waals surface area contributed by atoms with Crippen molar-refractivity contribution in [1.82, 2.24) is 14.7 Å². The summed E-state index contributed by atoms with van der Waals surface area (Å²) < 4.78 is 0. The molecular formula is C24H26Cl2N4O3. The molecule has 2 heterocycles. The average molecular weight is 489 g/mol. The summed E-state index contributed by atoms with van der Waals surface area (Å²) in [7, 11) is 0. The topological polar surface area (TPSA) is 87.0 Å². The van der Waals surface area contributed by atoms with Crippen LogP contribution in [0.2, 0.25) is 10.0 Å². The van der Waals surface area contributed by atoms with Crippen LogP contribution >= 0.6 is 23.2 Å². The zero-order valence-electron chi connectivity index (χ0n) is 18.2. The van der Waals surface area contributed by atoms with Crippen LogP contribution < -0.4 is 5.73 Å². The van der Waals surface area contributed by atoms with Crippen LogP contribution in [0.4, 0.5) is 0 Å². The van der Waals surface area contributed by atoms with Gasteiger partial charge in [-0.25, -0.2) is 0 Å². The standard InChI is InChI=1S/C24H26Cl2N4O3/c25-19-12-18(13-20(26)14-19)23(32)30-7-1-2-21(30)24(33)29-10-8-28(9-11-29)15-16-3-5-17(6-4-16)22(27)31/h3-6,12-14,21H,1-2,7-11,15H2,(H2,27,31). The Morgan fingerprint density at radius 3 is 2.12 bits per heavy atom. The number of carbonyl (C=O) groups is 3. The summed E-state index contributed by atoms with van der Waals surface area (Å²) in [5.41, 5.74) is 7.28. The molecule has 1 atom stereocenters. The van der Waals surface area contributed by atoms with E-state index in [2.05, 4.69) is 4.90 Å². The Bertz CT molecular complexity index is 1030. The summed E-state index contributed by atoms with van der Waals surface area (Å²) in [5.74, 6) is -0.653. The van der Waals surface area contributed by atoms with Crippen molar-refractivity contribution in [2.75, 3.05) is 32.7 Å². The summed E-state index contributed by atoms with van der Waals surface area (Å²) in [6.07, 6.45) is 1.45. The molecule has 0 spiro atoms. The van der Waals surface area contributed by atoms with Crippen LogP contribution in [-0.2, 0) is 11.3 Å². The fraction of sp³-hybridized carbons (Fsp3) is 0.375. The molecule has 7 nitrogen and oxygen atoms in total. The first-order chi connectivity index (χ1) is 15.8. The van der Waals surface area contributed by atoms with E-state index in [9.17, 15) is 14.4 Å². The largest absolute Gasteiger partial charge is 0.366 e. The number of nitrogens with zero attached hydrogens (tertiary/aromatic N) is 3. The lowest BCUT2D eigenvalue weighted by Gasteiger charge is -2.37. The minimum atomic E-state index is -0.455. The third kappa shape index (κ3) is 5.49. The molecule has 0 saturated carbocycles. The number of piperazine rings is 1. The van der Waals surface area contributed by atoms with Crippen molar-refractivity contribution in [3.63, 3.8) is 0 Å². The number of halogens is 2. The van der Waals surface area contributed by atoms with Crippen LogP contribution in [0.25, 0.3) is 0 Å². The van der Waals surface area contributed by atoms with E-state index in [1.54, 1.807) is 35.2 Å². The molecule has 2 aliphatic heterocycles. The molecule has 1 unspecified atom stereocenters. The number of nitrogens with two attached hydrogens (primary N) is 1. The lowest BCUT2D eigenvalue weighted by Crippen LogP contribution is -2.54. The molecular weight excluding hydrogens is 463 g/mol. The Kier molecular flexibility index (Phi) is 7.22. The van der Waals surface area contributed by atoms with Crippen LogP contribution in [0, 0.1) is 0 Å². The van der Waals surface area contributed by atoms with E-state index in [-0.39, 0.29) is 11.8 Å². The smallest absolute Gasteiger partial charge is 0.254 e. The molecule has 174 valence electrons. The highest BCUT2D eigenvalue weighted by Gasteiger charge is 2.37.